The fourth-order valence-corrected chi connectivity index (χ4v) is 3.30. The molecule has 0 bridgehead atoms. The highest BCUT2D eigenvalue weighted by atomic mass is 32.1. The Morgan fingerprint density at radius 2 is 2.18 bits per heavy atom. The molecule has 22 heavy (non-hydrogen) atoms. The molecule has 4 nitrogen and oxygen atoms in total. The van der Waals surface area contributed by atoms with Crippen LogP contribution in [0.15, 0.2) is 18.2 Å². The van der Waals surface area contributed by atoms with Crippen LogP contribution in [-0.2, 0) is 23.8 Å². The standard InChI is InChI=1S/C14H14F3N3OS/c1-21-8-6-12-18-13(22-19-12)20-7-5-9-10(14(15,16)17)3-2-4-11(9)20/h2-4H,5-8H2,1H3. The number of methoxy groups -OCH3 is 1. The van der Waals surface area contributed by atoms with E-state index < -0.39 is 11.7 Å². The van der Waals surface area contributed by atoms with Crippen LogP contribution in [0.3, 0.4) is 0 Å². The topological polar surface area (TPSA) is 38.2 Å². The van der Waals surface area contributed by atoms with Gasteiger partial charge in [-0.25, -0.2) is 4.98 Å². The summed E-state index contributed by atoms with van der Waals surface area (Å²) < 4.78 is 48.4. The van der Waals surface area contributed by atoms with E-state index in [1.165, 1.54) is 17.6 Å². The van der Waals surface area contributed by atoms with Crippen LogP contribution < -0.4 is 4.90 Å². The second-order valence-corrected chi connectivity index (χ2v) is 5.67. The minimum absolute atomic E-state index is 0.337. The van der Waals surface area contributed by atoms with Crippen molar-refractivity contribution in [1.82, 2.24) is 9.36 Å². The number of fused-ring (bicyclic) bond motifs is 1. The number of rotatable bonds is 4. The molecule has 0 aliphatic carbocycles. The third-order valence-electron chi connectivity index (χ3n) is 3.55. The molecular weight excluding hydrogens is 315 g/mol. The highest BCUT2D eigenvalue weighted by Crippen LogP contribution is 2.42. The molecule has 0 spiro atoms. The Morgan fingerprint density at radius 1 is 1.36 bits per heavy atom. The summed E-state index contributed by atoms with van der Waals surface area (Å²) in [7, 11) is 1.60. The van der Waals surface area contributed by atoms with Crippen molar-refractivity contribution in [1.29, 1.82) is 0 Å². The van der Waals surface area contributed by atoms with Crippen LogP contribution in [-0.4, -0.2) is 29.6 Å². The first-order chi connectivity index (χ1) is 10.5. The summed E-state index contributed by atoms with van der Waals surface area (Å²) in [5.74, 6) is 0.655. The summed E-state index contributed by atoms with van der Waals surface area (Å²) in [5, 5.41) is 0.629. The van der Waals surface area contributed by atoms with E-state index in [1.54, 1.807) is 18.1 Å². The van der Waals surface area contributed by atoms with Gasteiger partial charge in [-0.3, -0.25) is 0 Å². The van der Waals surface area contributed by atoms with Crippen LogP contribution in [0, 0.1) is 0 Å². The lowest BCUT2D eigenvalue weighted by molar-refractivity contribution is -0.138. The minimum Gasteiger partial charge on any atom is -0.384 e. The number of halogens is 3. The zero-order chi connectivity index (χ0) is 15.7. The average molecular weight is 329 g/mol. The Hall–Kier alpha value is -1.67. The van der Waals surface area contributed by atoms with Crippen LogP contribution in [0.4, 0.5) is 24.0 Å². The summed E-state index contributed by atoms with van der Waals surface area (Å²) >= 11 is 1.20. The van der Waals surface area contributed by atoms with E-state index in [4.69, 9.17) is 4.74 Å². The van der Waals surface area contributed by atoms with Gasteiger partial charge in [-0.2, -0.15) is 17.5 Å². The van der Waals surface area contributed by atoms with Gasteiger partial charge in [0.15, 0.2) is 0 Å². The molecule has 2 heterocycles. The molecular formula is C14H14F3N3OS. The van der Waals surface area contributed by atoms with Gasteiger partial charge in [0.25, 0.3) is 0 Å². The van der Waals surface area contributed by atoms with Gasteiger partial charge in [0.2, 0.25) is 5.13 Å². The van der Waals surface area contributed by atoms with Crippen LogP contribution in [0.1, 0.15) is 17.0 Å². The van der Waals surface area contributed by atoms with E-state index in [2.05, 4.69) is 9.36 Å². The maximum Gasteiger partial charge on any atom is 0.416 e. The monoisotopic (exact) mass is 329 g/mol. The van der Waals surface area contributed by atoms with E-state index in [9.17, 15) is 13.2 Å². The molecule has 0 fully saturated rings. The third-order valence-corrected chi connectivity index (χ3v) is 4.33. The molecule has 118 valence electrons. The Morgan fingerprint density at radius 3 is 2.91 bits per heavy atom. The van der Waals surface area contributed by atoms with E-state index in [0.717, 1.165) is 6.07 Å². The molecule has 0 atom stereocenters. The molecule has 8 heteroatoms. The molecule has 0 radical (unpaired) electrons. The summed E-state index contributed by atoms with van der Waals surface area (Å²) in [5.41, 5.74) is 0.351. The zero-order valence-electron chi connectivity index (χ0n) is 11.9. The molecule has 1 aliphatic heterocycles. The number of benzene rings is 1. The van der Waals surface area contributed by atoms with Crippen molar-refractivity contribution in [2.75, 3.05) is 25.2 Å². The number of hydrogen-bond acceptors (Lipinski definition) is 5. The average Bonchev–Trinajstić information content (AvgIpc) is 3.09. The molecule has 1 aromatic carbocycles. The van der Waals surface area contributed by atoms with Crippen LogP contribution in [0.5, 0.6) is 0 Å². The Balaban J connectivity index is 1.90. The molecule has 0 amide bonds. The third kappa shape index (κ3) is 2.80. The first-order valence-corrected chi connectivity index (χ1v) is 7.56. The van der Waals surface area contributed by atoms with Gasteiger partial charge >= 0.3 is 6.18 Å². The van der Waals surface area contributed by atoms with Crippen molar-refractivity contribution in [3.8, 4) is 0 Å². The molecule has 0 saturated heterocycles. The summed E-state index contributed by atoms with van der Waals surface area (Å²) in [6.07, 6.45) is -3.37. The maximum atomic E-state index is 13.1. The second kappa shape index (κ2) is 5.85. The van der Waals surface area contributed by atoms with Crippen molar-refractivity contribution >= 4 is 22.4 Å². The highest BCUT2D eigenvalue weighted by molar-refractivity contribution is 7.09. The predicted molar refractivity (Wildman–Crippen MR) is 77.6 cm³/mol. The van der Waals surface area contributed by atoms with Crippen LogP contribution in [0.25, 0.3) is 0 Å². The summed E-state index contributed by atoms with van der Waals surface area (Å²) in [6, 6.07) is 4.27. The lowest BCUT2D eigenvalue weighted by Crippen LogP contribution is -2.13. The number of hydrogen-bond donors (Lipinski definition) is 0. The van der Waals surface area contributed by atoms with Crippen molar-refractivity contribution in [3.05, 3.63) is 35.2 Å². The fraction of sp³-hybridized carbons (Fsp3) is 0.429. The number of alkyl halides is 3. The fourth-order valence-electron chi connectivity index (χ4n) is 2.55. The molecule has 0 N–H and O–H groups in total. The van der Waals surface area contributed by atoms with E-state index >= 15 is 0 Å². The molecule has 0 saturated carbocycles. The maximum absolute atomic E-state index is 13.1. The molecule has 1 aromatic heterocycles. The van der Waals surface area contributed by atoms with Crippen LogP contribution in [0.2, 0.25) is 0 Å². The Labute approximate surface area is 129 Å². The number of aromatic nitrogens is 2. The summed E-state index contributed by atoms with van der Waals surface area (Å²) in [4.78, 5) is 6.20. The normalized spacial score (nSPS) is 14.5. The number of ether oxygens (including phenoxy) is 1. The van der Waals surface area contributed by atoms with Crippen molar-refractivity contribution in [2.24, 2.45) is 0 Å². The Bertz CT molecular complexity index is 672. The van der Waals surface area contributed by atoms with Crippen LogP contribution >= 0.6 is 11.5 Å². The lowest BCUT2D eigenvalue weighted by Gasteiger charge is -2.16. The first-order valence-electron chi connectivity index (χ1n) is 6.79. The molecule has 1 aliphatic rings. The number of anilines is 2. The second-order valence-electron chi connectivity index (χ2n) is 4.94. The minimum atomic E-state index is -4.33. The van der Waals surface area contributed by atoms with E-state index in [1.807, 2.05) is 0 Å². The van der Waals surface area contributed by atoms with Gasteiger partial charge in [-0.05, 0) is 24.1 Å². The molecule has 2 aromatic rings. The van der Waals surface area contributed by atoms with Gasteiger partial charge in [-0.15, -0.1) is 0 Å². The van der Waals surface area contributed by atoms with E-state index in [-0.39, 0.29) is 0 Å². The quantitative estimate of drug-likeness (QED) is 0.861. The van der Waals surface area contributed by atoms with Gasteiger partial charge < -0.3 is 9.64 Å². The van der Waals surface area contributed by atoms with Crippen molar-refractivity contribution < 1.29 is 17.9 Å². The predicted octanol–water partition coefficient (Wildman–Crippen LogP) is 3.44. The highest BCUT2D eigenvalue weighted by Gasteiger charge is 2.37. The van der Waals surface area contributed by atoms with Crippen molar-refractivity contribution in [3.63, 3.8) is 0 Å². The zero-order valence-corrected chi connectivity index (χ0v) is 12.7. The number of nitrogens with zero attached hydrogens (tertiary/aromatic N) is 3. The first kappa shape index (κ1) is 15.2. The van der Waals surface area contributed by atoms with Gasteiger partial charge in [0.05, 0.1) is 12.2 Å². The molecule has 0 unspecified atom stereocenters. The largest absolute Gasteiger partial charge is 0.416 e. The molecule has 3 rings (SSSR count). The lowest BCUT2D eigenvalue weighted by atomic mass is 10.0. The SMILES string of the molecule is COCCc1nsc(N2CCc3c2cccc3C(F)(F)F)n1. The summed E-state index contributed by atoms with van der Waals surface area (Å²) in [6.45, 7) is 1.01. The van der Waals surface area contributed by atoms with Gasteiger partial charge in [0.1, 0.15) is 5.82 Å². The Kier molecular flexibility index (Phi) is 4.05. The smallest absolute Gasteiger partial charge is 0.384 e. The van der Waals surface area contributed by atoms with Crippen molar-refractivity contribution in [2.45, 2.75) is 19.0 Å². The van der Waals surface area contributed by atoms with Gasteiger partial charge in [0, 0.05) is 37.3 Å². The van der Waals surface area contributed by atoms with Gasteiger partial charge in [-0.1, -0.05) is 6.07 Å². The van der Waals surface area contributed by atoms with E-state index in [0.29, 0.717) is 48.2 Å².